The van der Waals surface area contributed by atoms with Crippen molar-refractivity contribution >= 4 is 39.6 Å². The largest absolute Gasteiger partial charge is 0.337 e. The standard InChI is InChI=1S/C15H18N4O2S2/c1-2-12-17-18-15(23-12)16-13(20)10-5-3-7-19(9-10)14(21)11-6-4-8-22-11/h4,6,8,10H,2-3,5,7,9H2,1H3,(H,16,18,20). The number of amides is 2. The molecule has 1 fully saturated rings. The van der Waals surface area contributed by atoms with E-state index in [1.807, 2.05) is 24.4 Å². The van der Waals surface area contributed by atoms with E-state index < -0.39 is 0 Å². The average molecular weight is 350 g/mol. The molecule has 1 aliphatic heterocycles. The lowest BCUT2D eigenvalue weighted by atomic mass is 9.97. The fourth-order valence-corrected chi connectivity index (χ4v) is 3.96. The highest BCUT2D eigenvalue weighted by molar-refractivity contribution is 7.15. The minimum Gasteiger partial charge on any atom is -0.337 e. The predicted octanol–water partition coefficient (Wildman–Crippen LogP) is 2.65. The van der Waals surface area contributed by atoms with Crippen LogP contribution in [0.25, 0.3) is 0 Å². The van der Waals surface area contributed by atoms with Crippen LogP contribution in [-0.2, 0) is 11.2 Å². The Hall–Kier alpha value is -1.80. The van der Waals surface area contributed by atoms with Gasteiger partial charge in [-0.15, -0.1) is 21.5 Å². The molecule has 0 aliphatic carbocycles. The van der Waals surface area contributed by atoms with Crippen LogP contribution in [0.1, 0.15) is 34.4 Å². The molecule has 0 spiro atoms. The first-order chi connectivity index (χ1) is 11.2. The third kappa shape index (κ3) is 3.76. The zero-order chi connectivity index (χ0) is 16.2. The summed E-state index contributed by atoms with van der Waals surface area (Å²) in [6, 6.07) is 3.69. The Labute approximate surface area is 142 Å². The van der Waals surface area contributed by atoms with Gasteiger partial charge in [0.15, 0.2) is 0 Å². The Bertz CT molecular complexity index is 683. The van der Waals surface area contributed by atoms with Gasteiger partial charge in [-0.1, -0.05) is 24.3 Å². The second-order valence-corrected chi connectivity index (χ2v) is 7.42. The summed E-state index contributed by atoms with van der Waals surface area (Å²) in [6.45, 7) is 3.17. The number of carbonyl (C=O) groups excluding carboxylic acids is 2. The van der Waals surface area contributed by atoms with E-state index in [0.29, 0.717) is 18.2 Å². The molecule has 0 radical (unpaired) electrons. The van der Waals surface area contributed by atoms with Crippen molar-refractivity contribution in [1.82, 2.24) is 15.1 Å². The number of likely N-dealkylation sites (tertiary alicyclic amines) is 1. The molecule has 1 saturated heterocycles. The van der Waals surface area contributed by atoms with Crippen molar-refractivity contribution in [1.29, 1.82) is 0 Å². The quantitative estimate of drug-likeness (QED) is 0.920. The van der Waals surface area contributed by atoms with Gasteiger partial charge in [-0.3, -0.25) is 9.59 Å². The van der Waals surface area contributed by atoms with Crippen molar-refractivity contribution in [2.24, 2.45) is 5.92 Å². The second kappa shape index (κ2) is 7.18. The minimum atomic E-state index is -0.193. The van der Waals surface area contributed by atoms with Crippen molar-refractivity contribution in [3.63, 3.8) is 0 Å². The van der Waals surface area contributed by atoms with Gasteiger partial charge in [0.1, 0.15) is 5.01 Å². The van der Waals surface area contributed by atoms with Crippen molar-refractivity contribution in [2.45, 2.75) is 26.2 Å². The monoisotopic (exact) mass is 350 g/mol. The van der Waals surface area contributed by atoms with E-state index in [1.54, 1.807) is 4.90 Å². The molecule has 1 unspecified atom stereocenters. The van der Waals surface area contributed by atoms with Crippen molar-refractivity contribution < 1.29 is 9.59 Å². The molecule has 2 aromatic rings. The van der Waals surface area contributed by atoms with Crippen LogP contribution >= 0.6 is 22.7 Å². The zero-order valence-electron chi connectivity index (χ0n) is 12.8. The number of piperidine rings is 1. The Morgan fingerprint density at radius 1 is 1.43 bits per heavy atom. The third-order valence-corrected chi connectivity index (χ3v) is 5.65. The number of carbonyl (C=O) groups is 2. The van der Waals surface area contributed by atoms with E-state index in [1.165, 1.54) is 22.7 Å². The third-order valence-electron chi connectivity index (χ3n) is 3.81. The van der Waals surface area contributed by atoms with Crippen LogP contribution < -0.4 is 5.32 Å². The molecular formula is C15H18N4O2S2. The fourth-order valence-electron chi connectivity index (χ4n) is 2.59. The Balaban J connectivity index is 1.61. The van der Waals surface area contributed by atoms with Crippen LogP contribution in [0.15, 0.2) is 17.5 Å². The number of nitrogens with zero attached hydrogens (tertiary/aromatic N) is 3. The van der Waals surface area contributed by atoms with Crippen LogP contribution in [0.5, 0.6) is 0 Å². The molecule has 0 bridgehead atoms. The second-order valence-electron chi connectivity index (χ2n) is 5.41. The molecule has 1 atom stereocenters. The first-order valence-electron chi connectivity index (χ1n) is 7.63. The normalized spacial score (nSPS) is 18.0. The molecule has 2 aromatic heterocycles. The lowest BCUT2D eigenvalue weighted by Gasteiger charge is -2.31. The zero-order valence-corrected chi connectivity index (χ0v) is 14.5. The van der Waals surface area contributed by atoms with Gasteiger partial charge in [0, 0.05) is 13.1 Å². The molecule has 23 heavy (non-hydrogen) atoms. The SMILES string of the molecule is CCc1nnc(NC(=O)C2CCCN(C(=O)c3cccs3)C2)s1. The van der Waals surface area contributed by atoms with E-state index >= 15 is 0 Å². The Morgan fingerprint density at radius 2 is 2.30 bits per heavy atom. The minimum absolute atomic E-state index is 0.0154. The molecule has 2 amide bonds. The van der Waals surface area contributed by atoms with E-state index in [9.17, 15) is 9.59 Å². The molecule has 1 N–H and O–H groups in total. The summed E-state index contributed by atoms with van der Waals surface area (Å²) in [5.41, 5.74) is 0. The molecule has 6 nitrogen and oxygen atoms in total. The van der Waals surface area contributed by atoms with E-state index in [4.69, 9.17) is 0 Å². The van der Waals surface area contributed by atoms with Crippen LogP contribution in [0, 0.1) is 5.92 Å². The average Bonchev–Trinajstić information content (AvgIpc) is 3.26. The van der Waals surface area contributed by atoms with Crippen LogP contribution in [0.2, 0.25) is 0 Å². The molecule has 3 rings (SSSR count). The number of hydrogen-bond donors (Lipinski definition) is 1. The lowest BCUT2D eigenvalue weighted by Crippen LogP contribution is -2.43. The summed E-state index contributed by atoms with van der Waals surface area (Å²) in [5.74, 6) is -0.254. The Morgan fingerprint density at radius 3 is 3.00 bits per heavy atom. The van der Waals surface area contributed by atoms with Gasteiger partial charge in [0.25, 0.3) is 5.91 Å². The van der Waals surface area contributed by atoms with Gasteiger partial charge >= 0.3 is 0 Å². The van der Waals surface area contributed by atoms with Crippen molar-refractivity contribution in [2.75, 3.05) is 18.4 Å². The van der Waals surface area contributed by atoms with Gasteiger partial charge in [0.2, 0.25) is 11.0 Å². The van der Waals surface area contributed by atoms with E-state index in [-0.39, 0.29) is 17.7 Å². The first-order valence-corrected chi connectivity index (χ1v) is 9.33. The fraction of sp³-hybridized carbons (Fsp3) is 0.467. The number of hydrogen-bond acceptors (Lipinski definition) is 6. The van der Waals surface area contributed by atoms with Crippen LogP contribution in [0.3, 0.4) is 0 Å². The maximum atomic E-state index is 12.4. The maximum Gasteiger partial charge on any atom is 0.263 e. The maximum absolute atomic E-state index is 12.4. The number of aromatic nitrogens is 2. The van der Waals surface area contributed by atoms with Gasteiger partial charge in [0.05, 0.1) is 10.8 Å². The molecule has 0 saturated carbocycles. The number of aryl methyl sites for hydroxylation is 1. The molecule has 122 valence electrons. The number of rotatable bonds is 4. The first kappa shape index (κ1) is 16.1. The smallest absolute Gasteiger partial charge is 0.263 e. The highest BCUT2D eigenvalue weighted by atomic mass is 32.1. The van der Waals surface area contributed by atoms with Crippen molar-refractivity contribution in [3.8, 4) is 0 Å². The highest BCUT2D eigenvalue weighted by Gasteiger charge is 2.29. The summed E-state index contributed by atoms with van der Waals surface area (Å²) >= 11 is 2.83. The molecule has 3 heterocycles. The van der Waals surface area contributed by atoms with Crippen LogP contribution in [-0.4, -0.2) is 40.0 Å². The summed E-state index contributed by atoms with van der Waals surface area (Å²) < 4.78 is 0. The lowest BCUT2D eigenvalue weighted by molar-refractivity contribution is -0.121. The molecule has 8 heteroatoms. The van der Waals surface area contributed by atoms with Crippen molar-refractivity contribution in [3.05, 3.63) is 27.4 Å². The van der Waals surface area contributed by atoms with Crippen LogP contribution in [0.4, 0.5) is 5.13 Å². The summed E-state index contributed by atoms with van der Waals surface area (Å²) in [7, 11) is 0. The Kier molecular flexibility index (Phi) is 5.02. The number of anilines is 1. The number of thiophene rings is 1. The summed E-state index contributed by atoms with van der Waals surface area (Å²) in [4.78, 5) is 27.3. The van der Waals surface area contributed by atoms with Gasteiger partial charge < -0.3 is 10.2 Å². The highest BCUT2D eigenvalue weighted by Crippen LogP contribution is 2.23. The predicted molar refractivity (Wildman–Crippen MR) is 90.9 cm³/mol. The van der Waals surface area contributed by atoms with Gasteiger partial charge in [-0.2, -0.15) is 0 Å². The van der Waals surface area contributed by atoms with E-state index in [2.05, 4.69) is 15.5 Å². The van der Waals surface area contributed by atoms with Gasteiger partial charge in [-0.25, -0.2) is 0 Å². The topological polar surface area (TPSA) is 75.2 Å². The number of nitrogens with one attached hydrogen (secondary N) is 1. The molecule has 1 aliphatic rings. The van der Waals surface area contributed by atoms with Gasteiger partial charge in [-0.05, 0) is 30.7 Å². The molecule has 0 aromatic carbocycles. The summed E-state index contributed by atoms with van der Waals surface area (Å²) in [5, 5.41) is 14.1. The van der Waals surface area contributed by atoms with E-state index in [0.717, 1.165) is 29.1 Å². The summed E-state index contributed by atoms with van der Waals surface area (Å²) in [6.07, 6.45) is 2.44. The molecular weight excluding hydrogens is 332 g/mol.